The number of carbonyl (C=O) groups is 1. The van der Waals surface area contributed by atoms with Crippen molar-refractivity contribution in [3.63, 3.8) is 0 Å². The summed E-state index contributed by atoms with van der Waals surface area (Å²) in [5.74, 6) is 1.33. The van der Waals surface area contributed by atoms with Gasteiger partial charge in [-0.15, -0.1) is 0 Å². The van der Waals surface area contributed by atoms with Crippen LogP contribution in [-0.4, -0.2) is 25.5 Å². The number of methoxy groups -OCH3 is 1. The van der Waals surface area contributed by atoms with Crippen LogP contribution >= 0.6 is 0 Å². The molecule has 0 bridgehead atoms. The molecule has 0 radical (unpaired) electrons. The van der Waals surface area contributed by atoms with E-state index in [1.54, 1.807) is 7.11 Å². The molecule has 3 nitrogen and oxygen atoms in total. The van der Waals surface area contributed by atoms with Gasteiger partial charge in [-0.25, -0.2) is 0 Å². The summed E-state index contributed by atoms with van der Waals surface area (Å²) < 4.78 is 5.38. The van der Waals surface area contributed by atoms with Gasteiger partial charge in [-0.3, -0.25) is 4.79 Å². The fraction of sp³-hybridized carbons (Fsp3) is 0.500. The molecule has 1 saturated heterocycles. The summed E-state index contributed by atoms with van der Waals surface area (Å²) in [5, 5.41) is 0. The van der Waals surface area contributed by atoms with Crippen LogP contribution in [0.2, 0.25) is 0 Å². The number of para-hydroxylation sites is 2. The number of hydrogen-bond donors (Lipinski definition) is 0. The van der Waals surface area contributed by atoms with E-state index in [1.165, 1.54) is 0 Å². The first kappa shape index (κ1) is 12.0. The summed E-state index contributed by atoms with van der Waals surface area (Å²) in [4.78, 5) is 13.9. The Morgan fingerprint density at radius 2 is 2.00 bits per heavy atom. The summed E-state index contributed by atoms with van der Waals surface area (Å²) >= 11 is 0. The first-order chi connectivity index (χ1) is 8.15. The van der Waals surface area contributed by atoms with Crippen molar-refractivity contribution in [1.29, 1.82) is 0 Å². The van der Waals surface area contributed by atoms with Gasteiger partial charge in [0, 0.05) is 24.9 Å². The van der Waals surface area contributed by atoms with E-state index in [0.717, 1.165) is 18.0 Å². The first-order valence-corrected chi connectivity index (χ1v) is 6.07. The number of ether oxygens (including phenoxy) is 1. The highest BCUT2D eigenvalue weighted by Crippen LogP contribution is 2.33. The molecule has 1 aromatic rings. The molecule has 2 rings (SSSR count). The van der Waals surface area contributed by atoms with Crippen molar-refractivity contribution in [2.24, 2.45) is 5.92 Å². The highest BCUT2D eigenvalue weighted by molar-refractivity contribution is 5.84. The van der Waals surface area contributed by atoms with Crippen LogP contribution in [0.25, 0.3) is 0 Å². The van der Waals surface area contributed by atoms with Crippen LogP contribution in [0.4, 0.5) is 5.69 Å². The SMILES string of the molecule is COc1ccccc1N1CCC(=O)C(C)C1C. The molecule has 2 atom stereocenters. The lowest BCUT2D eigenvalue weighted by molar-refractivity contribution is -0.123. The second-order valence-corrected chi connectivity index (χ2v) is 4.61. The average molecular weight is 233 g/mol. The number of nitrogens with zero attached hydrogens (tertiary/aromatic N) is 1. The second-order valence-electron chi connectivity index (χ2n) is 4.61. The van der Waals surface area contributed by atoms with Gasteiger partial charge in [0.1, 0.15) is 11.5 Å². The first-order valence-electron chi connectivity index (χ1n) is 6.07. The van der Waals surface area contributed by atoms with Crippen molar-refractivity contribution in [3.05, 3.63) is 24.3 Å². The van der Waals surface area contributed by atoms with Crippen LogP contribution in [0.3, 0.4) is 0 Å². The Hall–Kier alpha value is -1.51. The lowest BCUT2D eigenvalue weighted by Gasteiger charge is -2.39. The predicted molar refractivity (Wildman–Crippen MR) is 68.6 cm³/mol. The molecule has 1 heterocycles. The van der Waals surface area contributed by atoms with E-state index in [4.69, 9.17) is 4.74 Å². The van der Waals surface area contributed by atoms with Gasteiger partial charge in [0.05, 0.1) is 12.8 Å². The van der Waals surface area contributed by atoms with E-state index < -0.39 is 0 Å². The molecule has 3 heteroatoms. The Kier molecular flexibility index (Phi) is 3.36. The lowest BCUT2D eigenvalue weighted by atomic mass is 9.90. The number of Topliss-reactive ketones (excluding diaryl/α,β-unsaturated/α-hetero) is 1. The van der Waals surface area contributed by atoms with Crippen molar-refractivity contribution in [2.45, 2.75) is 26.3 Å². The maximum Gasteiger partial charge on any atom is 0.142 e. The van der Waals surface area contributed by atoms with Crippen molar-refractivity contribution >= 4 is 11.5 Å². The fourth-order valence-electron chi connectivity index (χ4n) is 2.41. The Bertz CT molecular complexity index is 416. The van der Waals surface area contributed by atoms with E-state index >= 15 is 0 Å². The zero-order valence-corrected chi connectivity index (χ0v) is 10.6. The number of rotatable bonds is 2. The van der Waals surface area contributed by atoms with Gasteiger partial charge in [-0.05, 0) is 19.1 Å². The van der Waals surface area contributed by atoms with Gasteiger partial charge in [0.25, 0.3) is 0 Å². The summed E-state index contributed by atoms with van der Waals surface area (Å²) in [6, 6.07) is 8.21. The quantitative estimate of drug-likeness (QED) is 0.786. The number of ketones is 1. The molecule has 2 unspecified atom stereocenters. The Morgan fingerprint density at radius 1 is 1.29 bits per heavy atom. The van der Waals surface area contributed by atoms with Crippen LogP contribution in [0, 0.1) is 5.92 Å². The molecular formula is C14H19NO2. The minimum atomic E-state index is 0.0914. The average Bonchev–Trinajstić information content (AvgIpc) is 2.36. The number of anilines is 1. The van der Waals surface area contributed by atoms with E-state index in [9.17, 15) is 4.79 Å². The van der Waals surface area contributed by atoms with Crippen molar-refractivity contribution in [1.82, 2.24) is 0 Å². The molecule has 17 heavy (non-hydrogen) atoms. The monoisotopic (exact) mass is 233 g/mol. The third-order valence-corrected chi connectivity index (χ3v) is 3.72. The van der Waals surface area contributed by atoms with Gasteiger partial charge >= 0.3 is 0 Å². The van der Waals surface area contributed by atoms with Crippen LogP contribution in [0.1, 0.15) is 20.3 Å². The molecule has 0 aliphatic carbocycles. The Balaban J connectivity index is 2.30. The zero-order chi connectivity index (χ0) is 12.4. The molecule has 1 fully saturated rings. The smallest absolute Gasteiger partial charge is 0.142 e. The van der Waals surface area contributed by atoms with E-state index in [1.807, 2.05) is 25.1 Å². The minimum absolute atomic E-state index is 0.0914. The maximum atomic E-state index is 11.7. The molecule has 0 aromatic heterocycles. The van der Waals surface area contributed by atoms with Crippen LogP contribution in [0.15, 0.2) is 24.3 Å². The number of carbonyl (C=O) groups excluding carboxylic acids is 1. The fourth-order valence-corrected chi connectivity index (χ4v) is 2.41. The summed E-state index contributed by atoms with van der Waals surface area (Å²) in [6.45, 7) is 4.90. The molecular weight excluding hydrogens is 214 g/mol. The Labute approximate surface area is 102 Å². The summed E-state index contributed by atoms with van der Waals surface area (Å²) in [6.07, 6.45) is 0.629. The third kappa shape index (κ3) is 2.14. The number of benzene rings is 1. The second kappa shape index (κ2) is 4.78. The normalized spacial score (nSPS) is 24.9. The van der Waals surface area contributed by atoms with Crippen molar-refractivity contribution < 1.29 is 9.53 Å². The van der Waals surface area contributed by atoms with E-state index in [2.05, 4.69) is 17.9 Å². The molecule has 0 saturated carbocycles. The van der Waals surface area contributed by atoms with Crippen LogP contribution in [0.5, 0.6) is 5.75 Å². The highest BCUT2D eigenvalue weighted by atomic mass is 16.5. The minimum Gasteiger partial charge on any atom is -0.495 e. The molecule has 1 aliphatic rings. The molecule has 0 amide bonds. The van der Waals surface area contributed by atoms with Gasteiger partial charge < -0.3 is 9.64 Å². The largest absolute Gasteiger partial charge is 0.495 e. The molecule has 0 N–H and O–H groups in total. The van der Waals surface area contributed by atoms with Gasteiger partial charge in [-0.1, -0.05) is 19.1 Å². The van der Waals surface area contributed by atoms with E-state index in [0.29, 0.717) is 12.2 Å². The molecule has 0 spiro atoms. The highest BCUT2D eigenvalue weighted by Gasteiger charge is 2.31. The summed E-state index contributed by atoms with van der Waals surface area (Å²) in [7, 11) is 1.68. The van der Waals surface area contributed by atoms with Crippen LogP contribution in [-0.2, 0) is 4.79 Å². The predicted octanol–water partition coefficient (Wildman–Crippen LogP) is 2.50. The van der Waals surface area contributed by atoms with Crippen LogP contribution < -0.4 is 9.64 Å². The Morgan fingerprint density at radius 3 is 2.71 bits per heavy atom. The van der Waals surface area contributed by atoms with Crippen molar-refractivity contribution in [2.75, 3.05) is 18.6 Å². The summed E-state index contributed by atoms with van der Waals surface area (Å²) in [5.41, 5.74) is 1.09. The van der Waals surface area contributed by atoms with Gasteiger partial charge in [-0.2, -0.15) is 0 Å². The molecule has 1 aromatic carbocycles. The topological polar surface area (TPSA) is 29.5 Å². The maximum absolute atomic E-state index is 11.7. The number of hydrogen-bond acceptors (Lipinski definition) is 3. The van der Waals surface area contributed by atoms with Gasteiger partial charge in [0.15, 0.2) is 0 Å². The third-order valence-electron chi connectivity index (χ3n) is 3.72. The van der Waals surface area contributed by atoms with Crippen molar-refractivity contribution in [3.8, 4) is 5.75 Å². The van der Waals surface area contributed by atoms with Gasteiger partial charge in [0.2, 0.25) is 0 Å². The molecule has 1 aliphatic heterocycles. The van der Waals surface area contributed by atoms with E-state index in [-0.39, 0.29) is 12.0 Å². The lowest BCUT2D eigenvalue weighted by Crippen LogP contribution is -2.47. The number of piperidine rings is 1. The molecule has 92 valence electrons. The zero-order valence-electron chi connectivity index (χ0n) is 10.6. The standard InChI is InChI=1S/C14H19NO2/c1-10-11(2)15(9-8-13(10)16)12-6-4-5-7-14(12)17-3/h4-7,10-11H,8-9H2,1-3H3.